The minimum absolute atomic E-state index is 0. The van der Waals surface area contributed by atoms with Gasteiger partial charge in [-0.3, -0.25) is 9.69 Å². The van der Waals surface area contributed by atoms with Crippen molar-refractivity contribution in [3.8, 4) is 5.75 Å². The number of methoxy groups -OCH3 is 1. The predicted octanol–water partition coefficient (Wildman–Crippen LogP) is 5.53. The average Bonchev–Trinajstić information content (AvgIpc) is 3.23. The van der Waals surface area contributed by atoms with E-state index in [1.165, 1.54) is 22.5 Å². The Hall–Kier alpha value is -2.93. The highest BCUT2D eigenvalue weighted by Gasteiger charge is 2.21. The van der Waals surface area contributed by atoms with Crippen LogP contribution in [-0.4, -0.2) is 50.1 Å². The van der Waals surface area contributed by atoms with Crippen LogP contribution in [0.5, 0.6) is 5.75 Å². The molecule has 4 aromatic rings. The van der Waals surface area contributed by atoms with E-state index in [0.717, 1.165) is 28.9 Å². The van der Waals surface area contributed by atoms with Crippen LogP contribution in [0.15, 0.2) is 72.8 Å². The van der Waals surface area contributed by atoms with Gasteiger partial charge in [-0.05, 0) is 62.0 Å². The first-order valence-corrected chi connectivity index (χ1v) is 11.4. The summed E-state index contributed by atoms with van der Waals surface area (Å²) in [4.78, 5) is 22.1. The normalized spacial score (nSPS) is 10.8. The van der Waals surface area contributed by atoms with Crippen molar-refractivity contribution in [3.05, 3.63) is 89.5 Å². The number of amides is 1. The average molecular weight is 482 g/mol. The molecule has 1 amide bonds. The van der Waals surface area contributed by atoms with Gasteiger partial charge in [-0.25, -0.2) is 4.98 Å². The van der Waals surface area contributed by atoms with Gasteiger partial charge < -0.3 is 9.64 Å². The van der Waals surface area contributed by atoms with Crippen molar-refractivity contribution in [2.45, 2.75) is 6.42 Å². The van der Waals surface area contributed by atoms with Gasteiger partial charge in [0.05, 0.1) is 17.3 Å². The van der Waals surface area contributed by atoms with Gasteiger partial charge in [-0.2, -0.15) is 0 Å². The lowest BCUT2D eigenvalue weighted by atomic mass is 10.0. The fourth-order valence-corrected chi connectivity index (χ4v) is 4.49. The van der Waals surface area contributed by atoms with E-state index in [0.29, 0.717) is 17.2 Å². The number of rotatable bonds is 8. The lowest BCUT2D eigenvalue weighted by molar-refractivity contribution is 0.0985. The summed E-state index contributed by atoms with van der Waals surface area (Å²) in [7, 11) is 5.66. The van der Waals surface area contributed by atoms with E-state index in [1.807, 2.05) is 74.8 Å². The van der Waals surface area contributed by atoms with Gasteiger partial charge >= 0.3 is 0 Å². The van der Waals surface area contributed by atoms with Crippen LogP contribution < -0.4 is 9.64 Å². The van der Waals surface area contributed by atoms with Gasteiger partial charge in [0.15, 0.2) is 5.13 Å². The zero-order valence-corrected chi connectivity index (χ0v) is 20.7. The molecule has 0 saturated heterocycles. The minimum Gasteiger partial charge on any atom is -0.497 e. The Bertz CT molecular complexity index is 1190. The largest absolute Gasteiger partial charge is 0.497 e. The topological polar surface area (TPSA) is 45.7 Å². The van der Waals surface area contributed by atoms with Crippen LogP contribution in [0.2, 0.25) is 0 Å². The molecule has 0 bridgehead atoms. The van der Waals surface area contributed by atoms with Crippen molar-refractivity contribution in [1.29, 1.82) is 0 Å². The Morgan fingerprint density at radius 2 is 1.64 bits per heavy atom. The number of nitrogens with zero attached hydrogens (tertiary/aromatic N) is 3. The Labute approximate surface area is 205 Å². The SMILES string of the molecule is COc1ccc2nc(N(CCN(C)C)C(=O)c3ccc(Cc4ccccc4)cc3)sc2c1.Cl. The highest BCUT2D eigenvalue weighted by molar-refractivity contribution is 7.22. The number of thiazole rings is 1. The van der Waals surface area contributed by atoms with E-state index in [1.54, 1.807) is 12.0 Å². The first-order chi connectivity index (χ1) is 15.5. The Balaban J connectivity index is 0.00000306. The summed E-state index contributed by atoms with van der Waals surface area (Å²) in [5.41, 5.74) is 3.97. The molecule has 7 heteroatoms. The van der Waals surface area contributed by atoms with Crippen molar-refractivity contribution < 1.29 is 9.53 Å². The van der Waals surface area contributed by atoms with Crippen LogP contribution >= 0.6 is 23.7 Å². The van der Waals surface area contributed by atoms with Crippen LogP contribution in [0.4, 0.5) is 5.13 Å². The molecule has 3 aromatic carbocycles. The third kappa shape index (κ3) is 6.11. The van der Waals surface area contributed by atoms with E-state index in [-0.39, 0.29) is 18.3 Å². The molecule has 0 N–H and O–H groups in total. The standard InChI is InChI=1S/C26H27N3O2S.ClH/c1-28(2)15-16-29(26-27-23-14-13-22(31-3)18-24(23)32-26)25(30)21-11-9-20(10-12-21)17-19-7-5-4-6-8-19;/h4-14,18H,15-17H2,1-3H3;1H. The van der Waals surface area contributed by atoms with Crippen molar-refractivity contribution in [2.75, 3.05) is 39.2 Å². The smallest absolute Gasteiger partial charge is 0.260 e. The molecular weight excluding hydrogens is 454 g/mol. The number of ether oxygens (including phenoxy) is 1. The lowest BCUT2D eigenvalue weighted by Gasteiger charge is -2.22. The van der Waals surface area contributed by atoms with Gasteiger partial charge in [0.1, 0.15) is 5.75 Å². The van der Waals surface area contributed by atoms with E-state index in [2.05, 4.69) is 17.0 Å². The van der Waals surface area contributed by atoms with Crippen molar-refractivity contribution >= 4 is 45.0 Å². The molecule has 1 aromatic heterocycles. The summed E-state index contributed by atoms with van der Waals surface area (Å²) in [6, 6.07) is 24.0. The number of carbonyl (C=O) groups is 1. The number of likely N-dealkylation sites (N-methyl/N-ethyl adjacent to an activating group) is 1. The molecular formula is C26H28ClN3O2S. The van der Waals surface area contributed by atoms with Crippen LogP contribution in [0.25, 0.3) is 10.2 Å². The summed E-state index contributed by atoms with van der Waals surface area (Å²) in [5, 5.41) is 0.702. The number of carbonyl (C=O) groups excluding carboxylic acids is 1. The zero-order chi connectivity index (χ0) is 22.5. The Morgan fingerprint density at radius 1 is 0.939 bits per heavy atom. The lowest BCUT2D eigenvalue weighted by Crippen LogP contribution is -2.36. The maximum Gasteiger partial charge on any atom is 0.260 e. The minimum atomic E-state index is -0.0378. The fourth-order valence-electron chi connectivity index (χ4n) is 3.47. The van der Waals surface area contributed by atoms with Crippen molar-refractivity contribution in [3.63, 3.8) is 0 Å². The number of fused-ring (bicyclic) bond motifs is 1. The van der Waals surface area contributed by atoms with E-state index in [9.17, 15) is 4.79 Å². The number of anilines is 1. The Morgan fingerprint density at radius 3 is 2.30 bits per heavy atom. The van der Waals surface area contributed by atoms with Crippen LogP contribution in [-0.2, 0) is 6.42 Å². The molecule has 0 saturated carbocycles. The van der Waals surface area contributed by atoms with Gasteiger partial charge in [0, 0.05) is 18.7 Å². The summed E-state index contributed by atoms with van der Waals surface area (Å²) in [6.07, 6.45) is 0.847. The quantitative estimate of drug-likeness (QED) is 0.332. The summed E-state index contributed by atoms with van der Waals surface area (Å²) in [5.74, 6) is 0.747. The monoisotopic (exact) mass is 481 g/mol. The molecule has 0 aliphatic carbocycles. The fraction of sp³-hybridized carbons (Fsp3) is 0.231. The molecule has 172 valence electrons. The first kappa shape index (κ1) is 24.7. The van der Waals surface area contributed by atoms with E-state index < -0.39 is 0 Å². The molecule has 5 nitrogen and oxygen atoms in total. The number of hydrogen-bond acceptors (Lipinski definition) is 5. The number of halogens is 1. The molecule has 4 rings (SSSR count). The number of hydrogen-bond donors (Lipinski definition) is 0. The summed E-state index contributed by atoms with van der Waals surface area (Å²) < 4.78 is 6.33. The molecule has 33 heavy (non-hydrogen) atoms. The maximum absolute atomic E-state index is 13.5. The number of benzene rings is 3. The third-order valence-electron chi connectivity index (χ3n) is 5.28. The number of aromatic nitrogens is 1. The van der Waals surface area contributed by atoms with Gasteiger partial charge in [-0.1, -0.05) is 53.8 Å². The third-order valence-corrected chi connectivity index (χ3v) is 6.32. The molecule has 0 aliphatic rings. The highest BCUT2D eigenvalue weighted by atomic mass is 35.5. The molecule has 0 aliphatic heterocycles. The molecule has 0 atom stereocenters. The van der Waals surface area contributed by atoms with Crippen LogP contribution in [0.1, 0.15) is 21.5 Å². The highest BCUT2D eigenvalue weighted by Crippen LogP contribution is 2.32. The van der Waals surface area contributed by atoms with Gasteiger partial charge in [0.2, 0.25) is 0 Å². The first-order valence-electron chi connectivity index (χ1n) is 10.6. The van der Waals surface area contributed by atoms with Gasteiger partial charge in [-0.15, -0.1) is 12.4 Å². The predicted molar refractivity (Wildman–Crippen MR) is 139 cm³/mol. The summed E-state index contributed by atoms with van der Waals surface area (Å²) >= 11 is 1.51. The van der Waals surface area contributed by atoms with Crippen molar-refractivity contribution in [1.82, 2.24) is 9.88 Å². The maximum atomic E-state index is 13.5. The summed E-state index contributed by atoms with van der Waals surface area (Å²) in [6.45, 7) is 1.31. The van der Waals surface area contributed by atoms with E-state index >= 15 is 0 Å². The second-order valence-corrected chi connectivity index (χ2v) is 8.96. The van der Waals surface area contributed by atoms with Gasteiger partial charge in [0.25, 0.3) is 5.91 Å². The second-order valence-electron chi connectivity index (χ2n) is 7.95. The molecule has 0 fully saturated rings. The molecule has 0 unspecified atom stereocenters. The molecule has 0 radical (unpaired) electrons. The Kier molecular flexibility index (Phi) is 8.44. The zero-order valence-electron chi connectivity index (χ0n) is 19.0. The van der Waals surface area contributed by atoms with Crippen LogP contribution in [0, 0.1) is 0 Å². The molecule has 1 heterocycles. The molecule has 0 spiro atoms. The van der Waals surface area contributed by atoms with Crippen LogP contribution in [0.3, 0.4) is 0 Å². The van der Waals surface area contributed by atoms with Crippen molar-refractivity contribution in [2.24, 2.45) is 0 Å². The second kappa shape index (κ2) is 11.3. The van der Waals surface area contributed by atoms with E-state index in [4.69, 9.17) is 9.72 Å².